The number of alkyl halides is 3. The number of benzene rings is 2. The molecular weight excluding hydrogens is 411 g/mol. The van der Waals surface area contributed by atoms with Crippen molar-refractivity contribution in [2.45, 2.75) is 32.7 Å². The van der Waals surface area contributed by atoms with Crippen molar-refractivity contribution < 1.29 is 27.8 Å². The van der Waals surface area contributed by atoms with E-state index in [4.69, 9.17) is 4.74 Å². The van der Waals surface area contributed by atoms with Gasteiger partial charge in [0.05, 0.1) is 5.60 Å². The van der Waals surface area contributed by atoms with Crippen LogP contribution in [0.5, 0.6) is 11.5 Å². The molecule has 0 aliphatic carbocycles. The van der Waals surface area contributed by atoms with Crippen molar-refractivity contribution in [2.75, 3.05) is 6.61 Å². The third-order valence-corrected chi connectivity index (χ3v) is 4.36. The molecule has 31 heavy (non-hydrogen) atoms. The lowest BCUT2D eigenvalue weighted by Crippen LogP contribution is -2.28. The minimum Gasteiger partial charge on any atom is -0.490 e. The Morgan fingerprint density at radius 3 is 2.19 bits per heavy atom. The largest absolute Gasteiger partial charge is 0.573 e. The van der Waals surface area contributed by atoms with E-state index < -0.39 is 12.0 Å². The molecule has 0 bridgehead atoms. The van der Waals surface area contributed by atoms with Crippen LogP contribution in [0, 0.1) is 6.92 Å². The van der Waals surface area contributed by atoms with Crippen LogP contribution in [0.25, 0.3) is 16.8 Å². The van der Waals surface area contributed by atoms with E-state index in [1.165, 1.54) is 34.9 Å². The van der Waals surface area contributed by atoms with E-state index >= 15 is 0 Å². The summed E-state index contributed by atoms with van der Waals surface area (Å²) in [5.74, 6) is 0.281. The maximum Gasteiger partial charge on any atom is 0.573 e. The topological polar surface area (TPSA) is 60.7 Å². The van der Waals surface area contributed by atoms with Gasteiger partial charge in [0.15, 0.2) is 0 Å². The molecule has 0 saturated heterocycles. The first-order chi connectivity index (χ1) is 14.4. The monoisotopic (exact) mass is 433 g/mol. The van der Waals surface area contributed by atoms with Crippen LogP contribution in [0.1, 0.15) is 19.4 Å². The summed E-state index contributed by atoms with van der Waals surface area (Å²) in [6.07, 6.45) is -3.15. The maximum absolute atomic E-state index is 12.6. The number of aliphatic hydroxyl groups is 1. The summed E-state index contributed by atoms with van der Waals surface area (Å²) in [6, 6.07) is 13.7. The molecule has 0 amide bonds. The fourth-order valence-electron chi connectivity index (χ4n) is 2.92. The lowest BCUT2D eigenvalue weighted by molar-refractivity contribution is -0.274. The molecule has 1 aromatic heterocycles. The van der Waals surface area contributed by atoms with E-state index in [0.717, 1.165) is 5.56 Å². The minimum absolute atomic E-state index is 0.134. The summed E-state index contributed by atoms with van der Waals surface area (Å²) < 4.78 is 47.8. The van der Waals surface area contributed by atoms with Crippen molar-refractivity contribution in [1.29, 1.82) is 0 Å². The Morgan fingerprint density at radius 1 is 0.968 bits per heavy atom. The third-order valence-electron chi connectivity index (χ3n) is 4.36. The van der Waals surface area contributed by atoms with Crippen LogP contribution in [0.4, 0.5) is 13.2 Å². The molecule has 3 aromatic rings. The molecule has 1 heterocycles. The van der Waals surface area contributed by atoms with Gasteiger partial charge in [-0.1, -0.05) is 12.1 Å². The average Bonchev–Trinajstić information content (AvgIpc) is 2.65. The quantitative estimate of drug-likeness (QED) is 0.603. The van der Waals surface area contributed by atoms with Crippen molar-refractivity contribution >= 4 is 0 Å². The smallest absolute Gasteiger partial charge is 0.490 e. The number of hydrogen-bond donors (Lipinski definition) is 1. The van der Waals surface area contributed by atoms with Gasteiger partial charge in [-0.2, -0.15) is 0 Å². The van der Waals surface area contributed by atoms with Gasteiger partial charge in [0, 0.05) is 18.0 Å². The molecule has 0 radical (unpaired) electrons. The number of halogens is 3. The van der Waals surface area contributed by atoms with Gasteiger partial charge in [-0.3, -0.25) is 9.36 Å². The van der Waals surface area contributed by atoms with E-state index in [2.05, 4.69) is 4.74 Å². The van der Waals surface area contributed by atoms with Gasteiger partial charge in [0.2, 0.25) is 0 Å². The Balaban J connectivity index is 1.81. The van der Waals surface area contributed by atoms with E-state index in [9.17, 15) is 23.1 Å². The van der Waals surface area contributed by atoms with Crippen LogP contribution in [0.3, 0.4) is 0 Å². The molecule has 8 heteroatoms. The van der Waals surface area contributed by atoms with Gasteiger partial charge in [-0.05, 0) is 73.9 Å². The standard InChI is InChI=1S/C23H22F3NO4/c1-15-12-18(6-9-20(15)30-14-22(2,3)29)27-11-10-17(13-21(27)28)16-4-7-19(8-5-16)31-23(24,25)26/h4-13,29H,14H2,1-3H3. The lowest BCUT2D eigenvalue weighted by Gasteiger charge is -2.19. The highest BCUT2D eigenvalue weighted by atomic mass is 19.4. The van der Waals surface area contributed by atoms with Gasteiger partial charge in [-0.25, -0.2) is 0 Å². The molecule has 0 aliphatic heterocycles. The molecule has 0 atom stereocenters. The highest BCUT2D eigenvalue weighted by molar-refractivity contribution is 5.64. The number of aryl methyl sites for hydroxylation is 1. The second-order valence-corrected chi connectivity index (χ2v) is 7.75. The number of nitrogens with zero attached hydrogens (tertiary/aromatic N) is 1. The average molecular weight is 433 g/mol. The molecule has 164 valence electrons. The first-order valence-corrected chi connectivity index (χ1v) is 9.46. The fourth-order valence-corrected chi connectivity index (χ4v) is 2.92. The predicted octanol–water partition coefficient (Wildman–Crippen LogP) is 4.86. The summed E-state index contributed by atoms with van der Waals surface area (Å²) in [7, 11) is 0. The zero-order chi connectivity index (χ0) is 22.8. The number of ether oxygens (including phenoxy) is 2. The van der Waals surface area contributed by atoms with Gasteiger partial charge < -0.3 is 14.6 Å². The number of aromatic nitrogens is 1. The molecule has 1 N–H and O–H groups in total. The van der Waals surface area contributed by atoms with Crippen molar-refractivity contribution in [3.8, 4) is 28.3 Å². The summed E-state index contributed by atoms with van der Waals surface area (Å²) in [5, 5.41) is 9.80. The summed E-state index contributed by atoms with van der Waals surface area (Å²) in [4.78, 5) is 12.6. The Bertz CT molecular complexity index is 1110. The SMILES string of the molecule is Cc1cc(-n2ccc(-c3ccc(OC(F)(F)F)cc3)cc2=O)ccc1OCC(C)(C)O. The minimum atomic E-state index is -4.75. The van der Waals surface area contributed by atoms with Crippen molar-refractivity contribution in [1.82, 2.24) is 4.57 Å². The van der Waals surface area contributed by atoms with Gasteiger partial charge >= 0.3 is 6.36 Å². The molecule has 0 saturated carbocycles. The second kappa shape index (κ2) is 8.47. The molecule has 5 nitrogen and oxygen atoms in total. The second-order valence-electron chi connectivity index (χ2n) is 7.75. The Morgan fingerprint density at radius 2 is 1.65 bits per heavy atom. The number of hydrogen-bond acceptors (Lipinski definition) is 4. The summed E-state index contributed by atoms with van der Waals surface area (Å²) >= 11 is 0. The first kappa shape index (κ1) is 22.4. The normalized spacial score (nSPS) is 12.0. The summed E-state index contributed by atoms with van der Waals surface area (Å²) in [6.45, 7) is 5.27. The molecule has 0 spiro atoms. The highest BCUT2D eigenvalue weighted by Gasteiger charge is 2.30. The fraction of sp³-hybridized carbons (Fsp3) is 0.261. The maximum atomic E-state index is 12.6. The molecule has 3 rings (SSSR count). The van der Waals surface area contributed by atoms with E-state index in [0.29, 0.717) is 22.6 Å². The Hall–Kier alpha value is -3.26. The van der Waals surface area contributed by atoms with Crippen molar-refractivity contribution in [3.63, 3.8) is 0 Å². The number of pyridine rings is 1. The van der Waals surface area contributed by atoms with Crippen LogP contribution in [0.15, 0.2) is 65.6 Å². The predicted molar refractivity (Wildman–Crippen MR) is 111 cm³/mol. The zero-order valence-electron chi connectivity index (χ0n) is 17.2. The number of rotatable bonds is 6. The molecule has 0 fully saturated rings. The molecule has 0 unspecified atom stereocenters. The van der Waals surface area contributed by atoms with Gasteiger partial charge in [0.1, 0.15) is 18.1 Å². The third kappa shape index (κ3) is 6.11. The van der Waals surface area contributed by atoms with E-state index in [1.54, 1.807) is 44.3 Å². The first-order valence-electron chi connectivity index (χ1n) is 9.46. The van der Waals surface area contributed by atoms with Crippen LogP contribution in [0.2, 0.25) is 0 Å². The van der Waals surface area contributed by atoms with Crippen LogP contribution >= 0.6 is 0 Å². The lowest BCUT2D eigenvalue weighted by atomic mass is 10.1. The van der Waals surface area contributed by atoms with Gasteiger partial charge in [0.25, 0.3) is 5.56 Å². The van der Waals surface area contributed by atoms with Crippen LogP contribution in [-0.2, 0) is 0 Å². The van der Waals surface area contributed by atoms with Crippen LogP contribution < -0.4 is 15.0 Å². The zero-order valence-corrected chi connectivity index (χ0v) is 17.2. The van der Waals surface area contributed by atoms with E-state index in [1.807, 2.05) is 6.92 Å². The summed E-state index contributed by atoms with van der Waals surface area (Å²) in [5.41, 5.74) is 1.34. The van der Waals surface area contributed by atoms with Crippen LogP contribution in [-0.4, -0.2) is 28.2 Å². The molecule has 2 aromatic carbocycles. The Kier molecular flexibility index (Phi) is 6.13. The Labute approximate surface area is 177 Å². The van der Waals surface area contributed by atoms with Crippen molar-refractivity contribution in [2.24, 2.45) is 0 Å². The van der Waals surface area contributed by atoms with Crippen molar-refractivity contribution in [3.05, 3.63) is 76.7 Å². The highest BCUT2D eigenvalue weighted by Crippen LogP contribution is 2.26. The van der Waals surface area contributed by atoms with E-state index in [-0.39, 0.29) is 17.9 Å². The molecular formula is C23H22F3NO4. The molecule has 0 aliphatic rings. The van der Waals surface area contributed by atoms with Gasteiger partial charge in [-0.15, -0.1) is 13.2 Å².